The molecule has 0 aliphatic carbocycles. The average Bonchev–Trinajstić information content (AvgIpc) is 2.58. The molecule has 0 radical (unpaired) electrons. The molecule has 0 spiro atoms. The van der Waals surface area contributed by atoms with Crippen LogP contribution in [0, 0.1) is 6.92 Å². The van der Waals surface area contributed by atoms with Crippen molar-refractivity contribution in [3.8, 4) is 5.75 Å². The summed E-state index contributed by atoms with van der Waals surface area (Å²) in [5.74, 6) is 1.36. The summed E-state index contributed by atoms with van der Waals surface area (Å²) < 4.78 is 5.92. The van der Waals surface area contributed by atoms with Crippen molar-refractivity contribution in [2.75, 3.05) is 39.3 Å². The lowest BCUT2D eigenvalue weighted by Crippen LogP contribution is -2.44. The Bertz CT molecular complexity index is 511. The van der Waals surface area contributed by atoms with Crippen molar-refractivity contribution in [2.45, 2.75) is 52.6 Å². The van der Waals surface area contributed by atoms with Crippen molar-refractivity contribution >= 4 is 0 Å². The third-order valence-electron chi connectivity index (χ3n) is 4.77. The smallest absolute Gasteiger partial charge is 0.123 e. The monoisotopic (exact) mass is 334 g/mol. The van der Waals surface area contributed by atoms with E-state index < -0.39 is 6.10 Å². The summed E-state index contributed by atoms with van der Waals surface area (Å²) in [5.41, 5.74) is 3.38. The zero-order valence-corrected chi connectivity index (χ0v) is 15.8. The standard InChI is InChI=1S/C20H34N2O2/c1-5-12-24-20-13-16(4)18(14-17(20)15(2)3)19(23)6-9-22-10-7-21-8-11-22/h13-15,19,21,23H,5-12H2,1-4H3. The van der Waals surface area contributed by atoms with Crippen LogP contribution in [0.2, 0.25) is 0 Å². The zero-order valence-electron chi connectivity index (χ0n) is 15.8. The van der Waals surface area contributed by atoms with Gasteiger partial charge in [-0.25, -0.2) is 0 Å². The summed E-state index contributed by atoms with van der Waals surface area (Å²) in [5, 5.41) is 14.1. The van der Waals surface area contributed by atoms with Crippen LogP contribution >= 0.6 is 0 Å². The minimum Gasteiger partial charge on any atom is -0.493 e. The van der Waals surface area contributed by atoms with E-state index in [1.165, 1.54) is 5.56 Å². The number of aryl methyl sites for hydroxylation is 1. The summed E-state index contributed by atoms with van der Waals surface area (Å²) in [4.78, 5) is 2.43. The molecule has 0 bridgehead atoms. The van der Waals surface area contributed by atoms with E-state index in [4.69, 9.17) is 4.74 Å². The number of hydrogen-bond donors (Lipinski definition) is 2. The SMILES string of the molecule is CCCOc1cc(C)c(C(O)CCN2CCNCC2)cc1C(C)C. The summed E-state index contributed by atoms with van der Waals surface area (Å²) in [6.45, 7) is 14.5. The van der Waals surface area contributed by atoms with E-state index in [1.54, 1.807) is 0 Å². The number of hydrogen-bond acceptors (Lipinski definition) is 4. The van der Waals surface area contributed by atoms with E-state index in [9.17, 15) is 5.11 Å². The molecule has 4 nitrogen and oxygen atoms in total. The van der Waals surface area contributed by atoms with E-state index >= 15 is 0 Å². The number of piperazine rings is 1. The molecular formula is C20H34N2O2. The summed E-state index contributed by atoms with van der Waals surface area (Å²) in [6, 6.07) is 4.27. The molecule has 1 saturated heterocycles. The Morgan fingerprint density at radius 1 is 1.21 bits per heavy atom. The van der Waals surface area contributed by atoms with Crippen molar-refractivity contribution in [2.24, 2.45) is 0 Å². The van der Waals surface area contributed by atoms with Crippen LogP contribution in [-0.4, -0.2) is 49.3 Å². The van der Waals surface area contributed by atoms with Crippen LogP contribution in [0.4, 0.5) is 0 Å². The van der Waals surface area contributed by atoms with Crippen molar-refractivity contribution in [1.29, 1.82) is 0 Å². The number of nitrogens with one attached hydrogen (secondary N) is 1. The van der Waals surface area contributed by atoms with Crippen molar-refractivity contribution in [1.82, 2.24) is 10.2 Å². The lowest BCUT2D eigenvalue weighted by molar-refractivity contribution is 0.136. The highest BCUT2D eigenvalue weighted by atomic mass is 16.5. The first-order valence-corrected chi connectivity index (χ1v) is 9.41. The van der Waals surface area contributed by atoms with Gasteiger partial charge < -0.3 is 20.1 Å². The lowest BCUT2D eigenvalue weighted by atomic mass is 9.93. The average molecular weight is 335 g/mol. The van der Waals surface area contributed by atoms with Gasteiger partial charge in [-0.2, -0.15) is 0 Å². The van der Waals surface area contributed by atoms with E-state index in [0.29, 0.717) is 5.92 Å². The molecule has 1 aromatic rings. The normalized spacial score (nSPS) is 17.2. The molecule has 0 aromatic heterocycles. The lowest BCUT2D eigenvalue weighted by Gasteiger charge is -2.28. The first-order valence-electron chi connectivity index (χ1n) is 9.41. The van der Waals surface area contributed by atoms with Gasteiger partial charge in [-0.15, -0.1) is 0 Å². The third kappa shape index (κ3) is 5.20. The maximum atomic E-state index is 10.7. The van der Waals surface area contributed by atoms with E-state index in [-0.39, 0.29) is 0 Å². The Kier molecular flexibility index (Phi) is 7.53. The molecule has 1 aromatic carbocycles. The molecule has 1 atom stereocenters. The van der Waals surface area contributed by atoms with Gasteiger partial charge in [0.1, 0.15) is 5.75 Å². The van der Waals surface area contributed by atoms with E-state index in [1.807, 2.05) is 0 Å². The van der Waals surface area contributed by atoms with Crippen LogP contribution in [0.25, 0.3) is 0 Å². The highest BCUT2D eigenvalue weighted by Crippen LogP contribution is 2.33. The molecule has 1 aliphatic rings. The number of nitrogens with zero attached hydrogens (tertiary/aromatic N) is 1. The highest BCUT2D eigenvalue weighted by Gasteiger charge is 2.18. The molecule has 1 aliphatic heterocycles. The van der Waals surface area contributed by atoms with Gasteiger partial charge in [-0.1, -0.05) is 20.8 Å². The van der Waals surface area contributed by atoms with Gasteiger partial charge in [-0.05, 0) is 54.5 Å². The van der Waals surface area contributed by atoms with Gasteiger partial charge in [0.15, 0.2) is 0 Å². The van der Waals surface area contributed by atoms with Gasteiger partial charge >= 0.3 is 0 Å². The second-order valence-corrected chi connectivity index (χ2v) is 7.15. The van der Waals surface area contributed by atoms with Gasteiger partial charge in [0.2, 0.25) is 0 Å². The van der Waals surface area contributed by atoms with Crippen molar-refractivity contribution in [3.05, 3.63) is 28.8 Å². The Morgan fingerprint density at radius 2 is 1.92 bits per heavy atom. The summed E-state index contributed by atoms with van der Waals surface area (Å²) >= 11 is 0. The predicted octanol–water partition coefficient (Wildman–Crippen LogP) is 3.24. The van der Waals surface area contributed by atoms with Crippen molar-refractivity contribution in [3.63, 3.8) is 0 Å². The van der Waals surface area contributed by atoms with Crippen LogP contribution in [-0.2, 0) is 0 Å². The van der Waals surface area contributed by atoms with Gasteiger partial charge in [0.05, 0.1) is 12.7 Å². The molecule has 4 heteroatoms. The van der Waals surface area contributed by atoms with E-state index in [0.717, 1.165) is 69.0 Å². The minimum atomic E-state index is -0.405. The molecule has 1 fully saturated rings. The molecule has 1 heterocycles. The van der Waals surface area contributed by atoms with Crippen LogP contribution in [0.3, 0.4) is 0 Å². The Morgan fingerprint density at radius 3 is 2.54 bits per heavy atom. The molecule has 136 valence electrons. The molecule has 2 rings (SSSR count). The van der Waals surface area contributed by atoms with Gasteiger partial charge in [0.25, 0.3) is 0 Å². The fourth-order valence-electron chi connectivity index (χ4n) is 3.26. The molecular weight excluding hydrogens is 300 g/mol. The largest absolute Gasteiger partial charge is 0.493 e. The first-order chi connectivity index (χ1) is 11.5. The second kappa shape index (κ2) is 9.40. The van der Waals surface area contributed by atoms with Gasteiger partial charge in [-0.3, -0.25) is 0 Å². The molecule has 24 heavy (non-hydrogen) atoms. The second-order valence-electron chi connectivity index (χ2n) is 7.15. The fourth-order valence-corrected chi connectivity index (χ4v) is 3.26. The topological polar surface area (TPSA) is 44.7 Å². The fraction of sp³-hybridized carbons (Fsp3) is 0.700. The molecule has 0 saturated carbocycles. The third-order valence-corrected chi connectivity index (χ3v) is 4.77. The predicted molar refractivity (Wildman–Crippen MR) is 99.9 cm³/mol. The molecule has 1 unspecified atom stereocenters. The Hall–Kier alpha value is -1.10. The Balaban J connectivity index is 2.08. The van der Waals surface area contributed by atoms with Crippen LogP contribution in [0.5, 0.6) is 5.75 Å². The summed E-state index contributed by atoms with van der Waals surface area (Å²) in [7, 11) is 0. The number of aliphatic hydroxyl groups is 1. The number of ether oxygens (including phenoxy) is 1. The maximum Gasteiger partial charge on any atom is 0.123 e. The first kappa shape index (κ1) is 19.2. The number of rotatable bonds is 8. The zero-order chi connectivity index (χ0) is 17.5. The Labute approximate surface area is 147 Å². The quantitative estimate of drug-likeness (QED) is 0.766. The van der Waals surface area contributed by atoms with Crippen LogP contribution in [0.15, 0.2) is 12.1 Å². The molecule has 0 amide bonds. The number of aliphatic hydroxyl groups excluding tert-OH is 1. The van der Waals surface area contributed by atoms with E-state index in [2.05, 4.69) is 50.0 Å². The number of benzene rings is 1. The van der Waals surface area contributed by atoms with Gasteiger partial charge in [0, 0.05) is 32.7 Å². The van der Waals surface area contributed by atoms with Crippen LogP contribution in [0.1, 0.15) is 62.3 Å². The molecule has 2 N–H and O–H groups in total. The summed E-state index contributed by atoms with van der Waals surface area (Å²) in [6.07, 6.45) is 1.39. The highest BCUT2D eigenvalue weighted by molar-refractivity contribution is 5.44. The minimum absolute atomic E-state index is 0.386. The van der Waals surface area contributed by atoms with Crippen molar-refractivity contribution < 1.29 is 9.84 Å². The maximum absolute atomic E-state index is 10.7. The van der Waals surface area contributed by atoms with Crippen LogP contribution < -0.4 is 10.1 Å².